The van der Waals surface area contributed by atoms with Crippen LogP contribution in [0.15, 0.2) is 48.5 Å². The van der Waals surface area contributed by atoms with Gasteiger partial charge >= 0.3 is 0 Å². The third-order valence-corrected chi connectivity index (χ3v) is 4.75. The number of nitrogens with zero attached hydrogens (tertiary/aromatic N) is 1. The quantitative estimate of drug-likeness (QED) is 0.881. The number of hydrogen-bond acceptors (Lipinski definition) is 4. The van der Waals surface area contributed by atoms with Crippen molar-refractivity contribution >= 4 is 0 Å². The van der Waals surface area contributed by atoms with Crippen molar-refractivity contribution in [3.05, 3.63) is 59.7 Å². The lowest BCUT2D eigenvalue weighted by atomic mass is 10.0. The molecule has 1 heterocycles. The summed E-state index contributed by atoms with van der Waals surface area (Å²) in [4.78, 5) is 2.37. The summed E-state index contributed by atoms with van der Waals surface area (Å²) < 4.78 is 10.5. The Labute approximate surface area is 143 Å². The van der Waals surface area contributed by atoms with Gasteiger partial charge in [0, 0.05) is 12.6 Å². The van der Waals surface area contributed by atoms with Crippen LogP contribution in [0.2, 0.25) is 0 Å². The van der Waals surface area contributed by atoms with Crippen LogP contribution in [-0.2, 0) is 0 Å². The highest BCUT2D eigenvalue weighted by atomic mass is 16.5. The molecule has 1 N–H and O–H groups in total. The molecule has 1 saturated heterocycles. The number of benzene rings is 2. The van der Waals surface area contributed by atoms with Gasteiger partial charge in [-0.15, -0.1) is 0 Å². The van der Waals surface area contributed by atoms with Gasteiger partial charge in [-0.1, -0.05) is 24.3 Å². The number of ether oxygens (including phenoxy) is 2. The fourth-order valence-electron chi connectivity index (χ4n) is 3.42. The minimum Gasteiger partial charge on any atom is -0.497 e. The summed E-state index contributed by atoms with van der Waals surface area (Å²) in [6.07, 6.45) is 1.76. The first kappa shape index (κ1) is 16.8. The first-order chi connectivity index (χ1) is 11.7. The van der Waals surface area contributed by atoms with E-state index in [2.05, 4.69) is 17.0 Å². The third kappa shape index (κ3) is 3.71. The predicted molar refractivity (Wildman–Crippen MR) is 94.5 cm³/mol. The Morgan fingerprint density at radius 3 is 2.54 bits per heavy atom. The molecule has 0 amide bonds. The van der Waals surface area contributed by atoms with Crippen LogP contribution in [0.4, 0.5) is 0 Å². The van der Waals surface area contributed by atoms with Gasteiger partial charge in [-0.05, 0) is 54.8 Å². The molecule has 1 aliphatic heterocycles. The van der Waals surface area contributed by atoms with E-state index in [4.69, 9.17) is 9.47 Å². The van der Waals surface area contributed by atoms with Crippen molar-refractivity contribution in [2.24, 2.45) is 0 Å². The Bertz CT molecular complexity index is 656. The average Bonchev–Trinajstić information content (AvgIpc) is 3.10. The van der Waals surface area contributed by atoms with E-state index < -0.39 is 6.10 Å². The van der Waals surface area contributed by atoms with Gasteiger partial charge < -0.3 is 14.6 Å². The Morgan fingerprint density at radius 1 is 1.08 bits per heavy atom. The van der Waals surface area contributed by atoms with E-state index in [1.54, 1.807) is 14.2 Å². The maximum absolute atomic E-state index is 10.6. The Balaban J connectivity index is 1.70. The van der Waals surface area contributed by atoms with Crippen molar-refractivity contribution in [3.63, 3.8) is 0 Å². The van der Waals surface area contributed by atoms with Gasteiger partial charge in [0.1, 0.15) is 11.5 Å². The zero-order chi connectivity index (χ0) is 16.9. The minimum absolute atomic E-state index is 0.358. The van der Waals surface area contributed by atoms with E-state index in [9.17, 15) is 5.11 Å². The molecule has 2 aromatic rings. The molecule has 0 radical (unpaired) electrons. The lowest BCUT2D eigenvalue weighted by Gasteiger charge is -2.27. The molecule has 0 saturated carbocycles. The third-order valence-electron chi connectivity index (χ3n) is 4.75. The van der Waals surface area contributed by atoms with Crippen LogP contribution < -0.4 is 9.47 Å². The summed E-state index contributed by atoms with van der Waals surface area (Å²) in [7, 11) is 3.33. The summed E-state index contributed by atoms with van der Waals surface area (Å²) in [6, 6.07) is 16.3. The van der Waals surface area contributed by atoms with Gasteiger partial charge in [-0.25, -0.2) is 0 Å². The molecule has 0 aliphatic carbocycles. The molecule has 4 heteroatoms. The molecule has 0 aromatic heterocycles. The lowest BCUT2D eigenvalue weighted by Crippen LogP contribution is -2.28. The van der Waals surface area contributed by atoms with E-state index >= 15 is 0 Å². The number of methoxy groups -OCH3 is 2. The normalized spacial score (nSPS) is 19.2. The monoisotopic (exact) mass is 327 g/mol. The number of β-amino-alcohol motifs (C(OH)–C–C–N with tert-alkyl or cyclic N) is 1. The second-order valence-corrected chi connectivity index (χ2v) is 6.22. The van der Waals surface area contributed by atoms with Gasteiger partial charge in [0.15, 0.2) is 0 Å². The highest BCUT2D eigenvalue weighted by Gasteiger charge is 2.28. The fraction of sp³-hybridized carbons (Fsp3) is 0.400. The molecule has 2 unspecified atom stereocenters. The zero-order valence-electron chi connectivity index (χ0n) is 14.3. The molecule has 24 heavy (non-hydrogen) atoms. The molecule has 0 bridgehead atoms. The first-order valence-corrected chi connectivity index (χ1v) is 8.41. The van der Waals surface area contributed by atoms with Crippen molar-refractivity contribution in [1.29, 1.82) is 0 Å². The highest BCUT2D eigenvalue weighted by Crippen LogP contribution is 2.34. The predicted octanol–water partition coefficient (Wildman–Crippen LogP) is 3.57. The van der Waals surface area contributed by atoms with E-state index in [1.165, 1.54) is 5.56 Å². The molecule has 4 nitrogen and oxygen atoms in total. The standard InChI is InChI=1S/C20H25NO3/c1-23-17-10-8-15(9-11-17)19-7-4-12-21(19)14-20(22)16-5-3-6-18(13-16)24-2/h3,5-6,8-11,13,19-20,22H,4,7,12,14H2,1-2H3. The fourth-order valence-corrected chi connectivity index (χ4v) is 3.42. The van der Waals surface area contributed by atoms with Crippen molar-refractivity contribution in [2.75, 3.05) is 27.3 Å². The molecular weight excluding hydrogens is 302 g/mol. The van der Waals surface area contributed by atoms with Crippen LogP contribution in [0.3, 0.4) is 0 Å². The van der Waals surface area contributed by atoms with Gasteiger partial charge in [-0.3, -0.25) is 4.90 Å². The maximum Gasteiger partial charge on any atom is 0.119 e. The summed E-state index contributed by atoms with van der Waals surface area (Å²) in [5.74, 6) is 1.65. The number of aliphatic hydroxyl groups is 1. The lowest BCUT2D eigenvalue weighted by molar-refractivity contribution is 0.106. The van der Waals surface area contributed by atoms with Crippen molar-refractivity contribution in [2.45, 2.75) is 25.0 Å². The average molecular weight is 327 g/mol. The maximum atomic E-state index is 10.6. The molecule has 1 fully saturated rings. The van der Waals surface area contributed by atoms with E-state index in [-0.39, 0.29) is 0 Å². The highest BCUT2D eigenvalue weighted by molar-refractivity contribution is 5.31. The van der Waals surface area contributed by atoms with Gasteiger partial charge in [0.05, 0.1) is 20.3 Å². The molecule has 2 aromatic carbocycles. The molecule has 2 atom stereocenters. The second-order valence-electron chi connectivity index (χ2n) is 6.22. The Hall–Kier alpha value is -2.04. The van der Waals surface area contributed by atoms with Gasteiger partial charge in [-0.2, -0.15) is 0 Å². The first-order valence-electron chi connectivity index (χ1n) is 8.41. The smallest absolute Gasteiger partial charge is 0.119 e. The SMILES string of the molecule is COc1ccc(C2CCCN2CC(O)c2cccc(OC)c2)cc1. The van der Waals surface area contributed by atoms with Crippen LogP contribution in [0, 0.1) is 0 Å². The molecule has 1 aliphatic rings. The summed E-state index contributed by atoms with van der Waals surface area (Å²) in [5.41, 5.74) is 2.18. The Morgan fingerprint density at radius 2 is 1.83 bits per heavy atom. The van der Waals surface area contributed by atoms with Crippen LogP contribution >= 0.6 is 0 Å². The van der Waals surface area contributed by atoms with Crippen LogP contribution in [0.5, 0.6) is 11.5 Å². The minimum atomic E-state index is -0.515. The van der Waals surface area contributed by atoms with Crippen molar-refractivity contribution < 1.29 is 14.6 Å². The van der Waals surface area contributed by atoms with E-state index in [0.717, 1.165) is 36.4 Å². The zero-order valence-corrected chi connectivity index (χ0v) is 14.3. The molecule has 3 rings (SSSR count). The topological polar surface area (TPSA) is 41.9 Å². The van der Waals surface area contributed by atoms with Crippen LogP contribution in [0.1, 0.15) is 36.1 Å². The van der Waals surface area contributed by atoms with E-state index in [0.29, 0.717) is 12.6 Å². The Kier molecular flexibility index (Phi) is 5.38. The number of rotatable bonds is 6. The van der Waals surface area contributed by atoms with Gasteiger partial charge in [0.2, 0.25) is 0 Å². The molecule has 128 valence electrons. The molecule has 0 spiro atoms. The summed E-state index contributed by atoms with van der Waals surface area (Å²) in [5, 5.41) is 10.6. The van der Waals surface area contributed by atoms with E-state index in [1.807, 2.05) is 36.4 Å². The summed E-state index contributed by atoms with van der Waals surface area (Å²) >= 11 is 0. The van der Waals surface area contributed by atoms with Crippen molar-refractivity contribution in [1.82, 2.24) is 4.90 Å². The number of hydrogen-bond donors (Lipinski definition) is 1. The van der Waals surface area contributed by atoms with Crippen LogP contribution in [-0.4, -0.2) is 37.3 Å². The number of likely N-dealkylation sites (tertiary alicyclic amines) is 1. The largest absolute Gasteiger partial charge is 0.497 e. The van der Waals surface area contributed by atoms with Crippen molar-refractivity contribution in [3.8, 4) is 11.5 Å². The molecular formula is C20H25NO3. The second kappa shape index (κ2) is 7.69. The number of aliphatic hydroxyl groups excluding tert-OH is 1. The van der Waals surface area contributed by atoms with Crippen LogP contribution in [0.25, 0.3) is 0 Å². The summed E-state index contributed by atoms with van der Waals surface area (Å²) in [6.45, 7) is 1.64. The van der Waals surface area contributed by atoms with Gasteiger partial charge in [0.25, 0.3) is 0 Å².